The van der Waals surface area contributed by atoms with Gasteiger partial charge in [0.2, 0.25) is 0 Å². The summed E-state index contributed by atoms with van der Waals surface area (Å²) in [5.41, 5.74) is 4.05. The molecule has 1 fully saturated rings. The van der Waals surface area contributed by atoms with Crippen molar-refractivity contribution in [1.82, 2.24) is 20.2 Å². The number of carbonyl (C=O) groups is 1. The Morgan fingerprint density at radius 3 is 2.56 bits per heavy atom. The Balaban J connectivity index is 1.59. The zero-order valence-electron chi connectivity index (χ0n) is 20.1. The number of fused-ring (bicyclic) bond motifs is 1. The number of urea groups is 1. The topological polar surface area (TPSA) is 103 Å². The van der Waals surface area contributed by atoms with Crippen LogP contribution in [0.1, 0.15) is 31.0 Å². The van der Waals surface area contributed by atoms with Crippen molar-refractivity contribution < 1.29 is 14.6 Å². The molecule has 0 radical (unpaired) electrons. The number of anilines is 2. The van der Waals surface area contributed by atoms with Gasteiger partial charge in [0.25, 0.3) is 0 Å². The van der Waals surface area contributed by atoms with Gasteiger partial charge in [0.05, 0.1) is 18.9 Å². The second-order valence-electron chi connectivity index (χ2n) is 8.73. The highest BCUT2D eigenvalue weighted by Gasteiger charge is 2.24. The molecule has 1 saturated heterocycles. The van der Waals surface area contributed by atoms with E-state index < -0.39 is 0 Å². The number of aliphatic hydroxyl groups excluding tert-OH is 1. The van der Waals surface area contributed by atoms with E-state index in [0.29, 0.717) is 19.8 Å². The number of hydrogen-bond acceptors (Lipinski definition) is 7. The van der Waals surface area contributed by atoms with Gasteiger partial charge >= 0.3 is 6.03 Å². The SMILES string of the molecule is CCNC(=O)Nc1ccc(-c2nc3c(c(N4CCOCC4)n2)CCN(CCCCO)CC3)cc1. The van der Waals surface area contributed by atoms with Gasteiger partial charge in [0.1, 0.15) is 5.82 Å². The standard InChI is InChI=1S/C25H36N6O3/c1-2-26-25(33)27-20-7-5-19(6-8-20)23-28-22-10-13-30(11-3-4-16-32)12-9-21(22)24(29-23)31-14-17-34-18-15-31/h5-8,32H,2-4,9-18H2,1H3,(H2,26,27,33). The smallest absolute Gasteiger partial charge is 0.319 e. The van der Waals surface area contributed by atoms with Crippen molar-refractivity contribution in [3.8, 4) is 11.4 Å². The summed E-state index contributed by atoms with van der Waals surface area (Å²) in [4.78, 5) is 26.7. The minimum Gasteiger partial charge on any atom is -0.396 e. The van der Waals surface area contributed by atoms with Gasteiger partial charge in [0, 0.05) is 62.6 Å². The molecule has 3 heterocycles. The third-order valence-corrected chi connectivity index (χ3v) is 6.35. The first kappa shape index (κ1) is 24.4. The second kappa shape index (κ2) is 12.1. The summed E-state index contributed by atoms with van der Waals surface area (Å²) in [5.74, 6) is 1.75. The fourth-order valence-electron chi connectivity index (χ4n) is 4.50. The number of nitrogens with zero attached hydrogens (tertiary/aromatic N) is 4. The number of benzene rings is 1. The van der Waals surface area contributed by atoms with E-state index in [1.165, 1.54) is 5.56 Å². The van der Waals surface area contributed by atoms with E-state index in [1.54, 1.807) is 0 Å². The highest BCUT2D eigenvalue weighted by molar-refractivity contribution is 5.89. The van der Waals surface area contributed by atoms with Crippen LogP contribution in [-0.4, -0.2) is 85.1 Å². The molecule has 184 valence electrons. The molecule has 0 saturated carbocycles. The van der Waals surface area contributed by atoms with Gasteiger partial charge in [-0.05, 0) is 57.0 Å². The number of rotatable bonds is 8. The van der Waals surface area contributed by atoms with Crippen molar-refractivity contribution >= 4 is 17.5 Å². The molecule has 0 atom stereocenters. The lowest BCUT2D eigenvalue weighted by Gasteiger charge is -2.30. The highest BCUT2D eigenvalue weighted by Crippen LogP contribution is 2.29. The van der Waals surface area contributed by atoms with E-state index in [1.807, 2.05) is 31.2 Å². The molecular weight excluding hydrogens is 432 g/mol. The number of ether oxygens (including phenoxy) is 1. The van der Waals surface area contributed by atoms with Crippen LogP contribution in [0.25, 0.3) is 11.4 Å². The predicted octanol–water partition coefficient (Wildman–Crippen LogP) is 2.29. The molecule has 0 spiro atoms. The Bertz CT molecular complexity index is 946. The molecule has 1 aromatic carbocycles. The Labute approximate surface area is 201 Å². The van der Waals surface area contributed by atoms with Gasteiger partial charge in [-0.2, -0.15) is 0 Å². The molecule has 0 unspecified atom stereocenters. The van der Waals surface area contributed by atoms with Crippen LogP contribution in [0.4, 0.5) is 16.3 Å². The molecule has 9 nitrogen and oxygen atoms in total. The Kier molecular flexibility index (Phi) is 8.67. The normalized spacial score (nSPS) is 16.6. The van der Waals surface area contributed by atoms with Crippen LogP contribution >= 0.6 is 0 Å². The molecule has 4 rings (SSSR count). The van der Waals surface area contributed by atoms with Crippen molar-refractivity contribution in [2.24, 2.45) is 0 Å². The number of morpholine rings is 1. The highest BCUT2D eigenvalue weighted by atomic mass is 16.5. The van der Waals surface area contributed by atoms with Crippen LogP contribution in [-0.2, 0) is 17.6 Å². The molecule has 0 bridgehead atoms. The summed E-state index contributed by atoms with van der Waals surface area (Å²) in [6, 6.07) is 7.48. The minimum atomic E-state index is -0.213. The molecule has 34 heavy (non-hydrogen) atoms. The third kappa shape index (κ3) is 6.22. The molecule has 2 amide bonds. The van der Waals surface area contributed by atoms with Crippen molar-refractivity contribution in [2.45, 2.75) is 32.6 Å². The summed E-state index contributed by atoms with van der Waals surface area (Å²) < 4.78 is 5.59. The molecule has 2 aliphatic rings. The first-order valence-corrected chi connectivity index (χ1v) is 12.4. The molecule has 1 aromatic heterocycles. The third-order valence-electron chi connectivity index (χ3n) is 6.35. The molecule has 2 aromatic rings. The fourth-order valence-corrected chi connectivity index (χ4v) is 4.50. The molecular formula is C25H36N6O3. The summed E-state index contributed by atoms with van der Waals surface area (Å²) >= 11 is 0. The zero-order chi connectivity index (χ0) is 23.8. The van der Waals surface area contributed by atoms with E-state index in [-0.39, 0.29) is 12.6 Å². The van der Waals surface area contributed by atoms with E-state index in [2.05, 4.69) is 20.4 Å². The average molecular weight is 469 g/mol. The quantitative estimate of drug-likeness (QED) is 0.511. The lowest BCUT2D eigenvalue weighted by atomic mass is 10.1. The van der Waals surface area contributed by atoms with Crippen molar-refractivity contribution in [1.29, 1.82) is 0 Å². The molecule has 0 aliphatic carbocycles. The van der Waals surface area contributed by atoms with Crippen LogP contribution in [0.3, 0.4) is 0 Å². The number of carbonyl (C=O) groups excluding carboxylic acids is 1. The van der Waals surface area contributed by atoms with Crippen LogP contribution in [0.15, 0.2) is 24.3 Å². The van der Waals surface area contributed by atoms with E-state index in [4.69, 9.17) is 19.8 Å². The van der Waals surface area contributed by atoms with Crippen LogP contribution in [0.5, 0.6) is 0 Å². The lowest BCUT2D eigenvalue weighted by Crippen LogP contribution is -2.38. The number of nitrogens with one attached hydrogen (secondary N) is 2. The van der Waals surface area contributed by atoms with Gasteiger partial charge in [0.15, 0.2) is 5.82 Å². The van der Waals surface area contributed by atoms with Crippen molar-refractivity contribution in [2.75, 3.05) is 69.3 Å². The van der Waals surface area contributed by atoms with Gasteiger partial charge in [-0.15, -0.1) is 0 Å². The number of amides is 2. The second-order valence-corrected chi connectivity index (χ2v) is 8.73. The molecule has 3 N–H and O–H groups in total. The number of unbranched alkanes of at least 4 members (excludes halogenated alkanes) is 1. The van der Waals surface area contributed by atoms with Crippen LogP contribution < -0.4 is 15.5 Å². The van der Waals surface area contributed by atoms with Crippen LogP contribution in [0, 0.1) is 0 Å². The van der Waals surface area contributed by atoms with Gasteiger partial charge in [-0.25, -0.2) is 14.8 Å². The monoisotopic (exact) mass is 468 g/mol. The fraction of sp³-hybridized carbons (Fsp3) is 0.560. The van der Waals surface area contributed by atoms with Gasteiger partial charge in [-0.3, -0.25) is 0 Å². The molecule has 9 heteroatoms. The summed E-state index contributed by atoms with van der Waals surface area (Å²) in [7, 11) is 0. The summed E-state index contributed by atoms with van der Waals surface area (Å²) in [5, 5.41) is 14.7. The maximum absolute atomic E-state index is 11.8. The number of aromatic nitrogens is 2. The lowest BCUT2D eigenvalue weighted by molar-refractivity contribution is 0.122. The van der Waals surface area contributed by atoms with E-state index in [0.717, 1.165) is 87.0 Å². The first-order valence-electron chi connectivity index (χ1n) is 12.4. The van der Waals surface area contributed by atoms with Gasteiger partial charge < -0.3 is 30.3 Å². The first-order chi connectivity index (χ1) is 16.7. The van der Waals surface area contributed by atoms with Crippen molar-refractivity contribution in [3.05, 3.63) is 35.5 Å². The maximum Gasteiger partial charge on any atom is 0.319 e. The largest absolute Gasteiger partial charge is 0.396 e. The summed E-state index contributed by atoms with van der Waals surface area (Å²) in [6.07, 6.45) is 3.67. The van der Waals surface area contributed by atoms with E-state index >= 15 is 0 Å². The molecule has 2 aliphatic heterocycles. The van der Waals surface area contributed by atoms with Gasteiger partial charge in [-0.1, -0.05) is 0 Å². The van der Waals surface area contributed by atoms with Crippen molar-refractivity contribution in [3.63, 3.8) is 0 Å². The van der Waals surface area contributed by atoms with E-state index in [9.17, 15) is 4.79 Å². The summed E-state index contributed by atoms with van der Waals surface area (Å²) in [6.45, 7) is 8.75. The van der Waals surface area contributed by atoms with Crippen LogP contribution in [0.2, 0.25) is 0 Å². The minimum absolute atomic E-state index is 0.213. The Morgan fingerprint density at radius 2 is 1.82 bits per heavy atom. The Hall–Kier alpha value is -2.75. The predicted molar refractivity (Wildman–Crippen MR) is 133 cm³/mol. The average Bonchev–Trinajstić information content (AvgIpc) is 3.07. The maximum atomic E-state index is 11.8. The Morgan fingerprint density at radius 1 is 1.06 bits per heavy atom. The number of aliphatic hydroxyl groups is 1. The zero-order valence-corrected chi connectivity index (χ0v) is 20.1. The number of hydrogen-bond donors (Lipinski definition) is 3.